The van der Waals surface area contributed by atoms with Gasteiger partial charge in [0.2, 0.25) is 21.8 Å². The number of likely N-dealkylation sites (N-methyl/N-ethyl adjacent to an activating group) is 1. The van der Waals surface area contributed by atoms with E-state index in [1.165, 1.54) is 11.9 Å². The van der Waals surface area contributed by atoms with Crippen LogP contribution in [0.2, 0.25) is 5.02 Å². The highest BCUT2D eigenvalue weighted by Crippen LogP contribution is 2.21. The summed E-state index contributed by atoms with van der Waals surface area (Å²) in [5, 5.41) is 2.98. The van der Waals surface area contributed by atoms with Gasteiger partial charge in [0, 0.05) is 18.6 Å². The first kappa shape index (κ1) is 23.7. The van der Waals surface area contributed by atoms with Crippen LogP contribution in [0, 0.1) is 6.92 Å². The van der Waals surface area contributed by atoms with E-state index >= 15 is 0 Å². The summed E-state index contributed by atoms with van der Waals surface area (Å²) in [7, 11) is -2.25. The van der Waals surface area contributed by atoms with E-state index in [9.17, 15) is 18.0 Å². The Bertz CT molecular complexity index is 1010. The van der Waals surface area contributed by atoms with Gasteiger partial charge in [-0.25, -0.2) is 8.42 Å². The molecule has 0 saturated carbocycles. The Balaban J connectivity index is 2.38. The lowest BCUT2D eigenvalue weighted by Gasteiger charge is -2.31. The first-order valence-electron chi connectivity index (χ1n) is 9.33. The molecule has 0 radical (unpaired) electrons. The number of aryl methyl sites for hydroxylation is 1. The zero-order chi connectivity index (χ0) is 22.5. The van der Waals surface area contributed by atoms with Gasteiger partial charge in [0.15, 0.2) is 0 Å². The molecule has 9 heteroatoms. The summed E-state index contributed by atoms with van der Waals surface area (Å²) < 4.78 is 25.8. The van der Waals surface area contributed by atoms with Crippen LogP contribution in [0.4, 0.5) is 5.69 Å². The Morgan fingerprint density at radius 3 is 2.23 bits per heavy atom. The molecule has 1 atom stereocenters. The molecule has 0 bridgehead atoms. The Morgan fingerprint density at radius 1 is 1.10 bits per heavy atom. The summed E-state index contributed by atoms with van der Waals surface area (Å²) in [6, 6.07) is 13.0. The third-order valence-corrected chi connectivity index (χ3v) is 6.22. The highest BCUT2D eigenvalue weighted by molar-refractivity contribution is 7.92. The Labute approximate surface area is 182 Å². The molecule has 0 aliphatic carbocycles. The number of hydrogen-bond acceptors (Lipinski definition) is 4. The molecule has 30 heavy (non-hydrogen) atoms. The lowest BCUT2D eigenvalue weighted by atomic mass is 10.1. The van der Waals surface area contributed by atoms with Crippen LogP contribution < -0.4 is 9.62 Å². The van der Waals surface area contributed by atoms with Crippen molar-refractivity contribution in [2.75, 3.05) is 24.2 Å². The summed E-state index contributed by atoms with van der Waals surface area (Å²) in [6.45, 7) is 3.10. The van der Waals surface area contributed by atoms with Crippen LogP contribution in [-0.4, -0.2) is 51.0 Å². The number of nitrogens with one attached hydrogen (secondary N) is 1. The van der Waals surface area contributed by atoms with E-state index < -0.39 is 28.5 Å². The van der Waals surface area contributed by atoms with E-state index in [1.807, 2.05) is 6.92 Å². The minimum absolute atomic E-state index is 0.0680. The molecule has 2 aromatic rings. The van der Waals surface area contributed by atoms with Gasteiger partial charge in [-0.3, -0.25) is 13.9 Å². The topological polar surface area (TPSA) is 86.8 Å². The molecule has 0 fully saturated rings. The predicted molar refractivity (Wildman–Crippen MR) is 119 cm³/mol. The second-order valence-corrected chi connectivity index (χ2v) is 9.32. The molecule has 0 aliphatic heterocycles. The third-order valence-electron chi connectivity index (χ3n) is 4.71. The second kappa shape index (κ2) is 9.95. The molecule has 0 spiro atoms. The predicted octanol–water partition coefficient (Wildman–Crippen LogP) is 2.58. The van der Waals surface area contributed by atoms with E-state index in [2.05, 4.69) is 5.32 Å². The molecule has 0 aliphatic rings. The second-order valence-electron chi connectivity index (χ2n) is 7.01. The van der Waals surface area contributed by atoms with Crippen LogP contribution in [0.1, 0.15) is 18.1 Å². The molecule has 2 rings (SSSR count). The van der Waals surface area contributed by atoms with E-state index in [0.717, 1.165) is 16.1 Å². The van der Waals surface area contributed by atoms with Crippen molar-refractivity contribution in [2.45, 2.75) is 26.4 Å². The minimum Gasteiger partial charge on any atom is -0.357 e. The van der Waals surface area contributed by atoms with Crippen LogP contribution >= 0.6 is 11.6 Å². The van der Waals surface area contributed by atoms with Crippen molar-refractivity contribution in [3.63, 3.8) is 0 Å². The van der Waals surface area contributed by atoms with Crippen LogP contribution in [-0.2, 0) is 26.2 Å². The van der Waals surface area contributed by atoms with Crippen molar-refractivity contribution < 1.29 is 18.0 Å². The number of carbonyl (C=O) groups excluding carboxylic acids is 2. The van der Waals surface area contributed by atoms with Gasteiger partial charge in [-0.1, -0.05) is 47.5 Å². The lowest BCUT2D eigenvalue weighted by molar-refractivity contribution is -0.139. The van der Waals surface area contributed by atoms with Crippen LogP contribution in [0.25, 0.3) is 0 Å². The molecular formula is C21H26ClN3O4S. The number of nitrogens with zero attached hydrogens (tertiary/aromatic N) is 2. The number of carbonyl (C=O) groups is 2. The smallest absolute Gasteiger partial charge is 0.244 e. The average Bonchev–Trinajstić information content (AvgIpc) is 2.70. The Morgan fingerprint density at radius 2 is 1.70 bits per heavy atom. The molecule has 2 aromatic carbocycles. The Kier molecular flexibility index (Phi) is 7.86. The molecule has 1 N–H and O–H groups in total. The van der Waals surface area contributed by atoms with Gasteiger partial charge in [-0.2, -0.15) is 0 Å². The number of amides is 2. The standard InChI is InChI=1S/C21H26ClN3O4S/c1-15-9-11-18(12-10-15)25(30(4,28)29)14-20(26)24(16(2)21(27)23-3)13-17-7-5-6-8-19(17)22/h5-12,16H,13-14H2,1-4H3,(H,23,27)/t16-/m1/s1. The highest BCUT2D eigenvalue weighted by atomic mass is 35.5. The number of hydrogen-bond donors (Lipinski definition) is 1. The van der Waals surface area contributed by atoms with Gasteiger partial charge in [0.05, 0.1) is 11.9 Å². The normalized spacial score (nSPS) is 12.2. The van der Waals surface area contributed by atoms with Gasteiger partial charge in [0.1, 0.15) is 12.6 Å². The number of anilines is 1. The first-order valence-corrected chi connectivity index (χ1v) is 11.6. The highest BCUT2D eigenvalue weighted by Gasteiger charge is 2.30. The molecule has 0 heterocycles. The minimum atomic E-state index is -3.73. The van der Waals surface area contributed by atoms with Crippen molar-refractivity contribution in [3.8, 4) is 0 Å². The van der Waals surface area contributed by atoms with Crippen molar-refractivity contribution in [2.24, 2.45) is 0 Å². The molecule has 0 saturated heterocycles. The fraction of sp³-hybridized carbons (Fsp3) is 0.333. The first-order chi connectivity index (χ1) is 14.0. The third kappa shape index (κ3) is 5.96. The largest absolute Gasteiger partial charge is 0.357 e. The van der Waals surface area contributed by atoms with Crippen molar-refractivity contribution in [1.82, 2.24) is 10.2 Å². The van der Waals surface area contributed by atoms with Gasteiger partial charge >= 0.3 is 0 Å². The van der Waals surface area contributed by atoms with Gasteiger partial charge in [0.25, 0.3) is 0 Å². The average molecular weight is 452 g/mol. The number of rotatable bonds is 8. The van der Waals surface area contributed by atoms with Gasteiger partial charge < -0.3 is 10.2 Å². The maximum atomic E-state index is 13.2. The van der Waals surface area contributed by atoms with E-state index in [0.29, 0.717) is 16.3 Å². The van der Waals surface area contributed by atoms with E-state index in [1.54, 1.807) is 55.5 Å². The van der Waals surface area contributed by atoms with Crippen LogP contribution in [0.5, 0.6) is 0 Å². The summed E-state index contributed by atoms with van der Waals surface area (Å²) in [5.41, 5.74) is 2.00. The maximum Gasteiger partial charge on any atom is 0.244 e. The van der Waals surface area contributed by atoms with Crippen molar-refractivity contribution >= 4 is 39.1 Å². The van der Waals surface area contributed by atoms with Crippen LogP contribution in [0.3, 0.4) is 0 Å². The fourth-order valence-corrected chi connectivity index (χ4v) is 3.97. The maximum absolute atomic E-state index is 13.2. The van der Waals surface area contributed by atoms with Gasteiger partial charge in [-0.05, 0) is 37.6 Å². The zero-order valence-electron chi connectivity index (χ0n) is 17.4. The fourth-order valence-electron chi connectivity index (χ4n) is 2.93. The molecule has 7 nitrogen and oxygen atoms in total. The molecule has 2 amide bonds. The van der Waals surface area contributed by atoms with Crippen LogP contribution in [0.15, 0.2) is 48.5 Å². The lowest BCUT2D eigenvalue weighted by Crippen LogP contribution is -2.50. The Hall–Kier alpha value is -2.58. The summed E-state index contributed by atoms with van der Waals surface area (Å²) in [5.74, 6) is -0.881. The molecular weight excluding hydrogens is 426 g/mol. The summed E-state index contributed by atoms with van der Waals surface area (Å²) >= 11 is 6.24. The SMILES string of the molecule is CNC(=O)[C@@H](C)N(Cc1ccccc1Cl)C(=O)CN(c1ccc(C)cc1)S(C)(=O)=O. The van der Waals surface area contributed by atoms with Gasteiger partial charge in [-0.15, -0.1) is 0 Å². The molecule has 162 valence electrons. The quantitative estimate of drug-likeness (QED) is 0.668. The van der Waals surface area contributed by atoms with E-state index in [-0.39, 0.29) is 12.5 Å². The number of sulfonamides is 1. The number of benzene rings is 2. The monoisotopic (exact) mass is 451 g/mol. The summed E-state index contributed by atoms with van der Waals surface area (Å²) in [6.07, 6.45) is 1.04. The van der Waals surface area contributed by atoms with E-state index in [4.69, 9.17) is 11.6 Å². The zero-order valence-corrected chi connectivity index (χ0v) is 19.0. The van der Waals surface area contributed by atoms with Crippen molar-refractivity contribution in [3.05, 3.63) is 64.7 Å². The molecule has 0 aromatic heterocycles. The summed E-state index contributed by atoms with van der Waals surface area (Å²) in [4.78, 5) is 26.8. The number of halogens is 1. The van der Waals surface area contributed by atoms with Crippen molar-refractivity contribution in [1.29, 1.82) is 0 Å². The molecule has 0 unspecified atom stereocenters.